The van der Waals surface area contributed by atoms with E-state index >= 15 is 0 Å². The van der Waals surface area contributed by atoms with E-state index in [0.29, 0.717) is 0 Å². The average molecular weight is 146 g/mol. The van der Waals surface area contributed by atoms with Crippen molar-refractivity contribution >= 4 is 9.76 Å². The average Bonchev–Trinajstić information content (AvgIpc) is 1.83. The maximum atomic E-state index is 5.01. The highest BCUT2D eigenvalue weighted by molar-refractivity contribution is 6.28. The van der Waals surface area contributed by atoms with Gasteiger partial charge in [-0.2, -0.15) is 0 Å². The summed E-state index contributed by atoms with van der Waals surface area (Å²) in [5.41, 5.74) is 1.46. The van der Waals surface area contributed by atoms with Crippen LogP contribution in [-0.2, 0) is 4.43 Å². The maximum Gasteiger partial charge on any atom is 0.164 e. The molecule has 0 aliphatic carbocycles. The molecular formula is C7H18OSi. The third-order valence-corrected chi connectivity index (χ3v) is 2.59. The molecule has 56 valence electrons. The van der Waals surface area contributed by atoms with Gasteiger partial charge in [-0.25, -0.2) is 0 Å². The summed E-state index contributed by atoms with van der Waals surface area (Å²) in [6.45, 7) is 4.21. The van der Waals surface area contributed by atoms with Crippen LogP contribution in [-0.4, -0.2) is 16.9 Å². The van der Waals surface area contributed by atoms with E-state index in [1.165, 1.54) is 11.6 Å². The SMILES string of the molecule is C.CC=C(C)C[SiH2]OC. The number of hydrogen-bond donors (Lipinski definition) is 0. The maximum absolute atomic E-state index is 5.01. The fraction of sp³-hybridized carbons (Fsp3) is 0.714. The normalized spacial score (nSPS) is 12.1. The topological polar surface area (TPSA) is 9.23 Å². The van der Waals surface area contributed by atoms with Gasteiger partial charge in [-0.3, -0.25) is 0 Å². The van der Waals surface area contributed by atoms with E-state index < -0.39 is 0 Å². The molecule has 2 heteroatoms. The van der Waals surface area contributed by atoms with Gasteiger partial charge < -0.3 is 4.43 Å². The first-order chi connectivity index (χ1) is 3.81. The molecule has 0 amide bonds. The molecule has 0 bridgehead atoms. The van der Waals surface area contributed by atoms with Crippen molar-refractivity contribution in [2.45, 2.75) is 27.3 Å². The minimum Gasteiger partial charge on any atom is -0.427 e. The zero-order valence-corrected chi connectivity index (χ0v) is 7.31. The molecule has 0 radical (unpaired) electrons. The Balaban J connectivity index is 0. The van der Waals surface area contributed by atoms with Crippen molar-refractivity contribution < 1.29 is 4.43 Å². The van der Waals surface area contributed by atoms with E-state index in [1.807, 2.05) is 0 Å². The second-order valence-electron chi connectivity index (χ2n) is 1.88. The lowest BCUT2D eigenvalue weighted by molar-refractivity contribution is 0.443. The molecule has 0 aliphatic heterocycles. The molecule has 0 spiro atoms. The van der Waals surface area contributed by atoms with Gasteiger partial charge in [-0.15, -0.1) is 0 Å². The Bertz CT molecular complexity index is 79.0. The van der Waals surface area contributed by atoms with Crippen LogP contribution in [0.25, 0.3) is 0 Å². The molecule has 0 saturated carbocycles. The van der Waals surface area contributed by atoms with Crippen LogP contribution in [0.5, 0.6) is 0 Å². The lowest BCUT2D eigenvalue weighted by Crippen LogP contribution is -1.92. The molecule has 0 heterocycles. The first-order valence-electron chi connectivity index (χ1n) is 2.92. The number of hydrogen-bond acceptors (Lipinski definition) is 1. The molecule has 0 saturated heterocycles. The Labute approximate surface area is 61.1 Å². The van der Waals surface area contributed by atoms with Gasteiger partial charge in [0.25, 0.3) is 0 Å². The summed E-state index contributed by atoms with van der Waals surface area (Å²) in [6.07, 6.45) is 2.14. The highest BCUT2D eigenvalue weighted by atomic mass is 28.2. The van der Waals surface area contributed by atoms with Gasteiger partial charge in [0.2, 0.25) is 0 Å². The molecule has 0 fully saturated rings. The number of rotatable bonds is 3. The quantitative estimate of drug-likeness (QED) is 0.435. The van der Waals surface area contributed by atoms with Crippen LogP contribution in [0.1, 0.15) is 21.3 Å². The summed E-state index contributed by atoms with van der Waals surface area (Å²) in [5.74, 6) is 0. The Kier molecular flexibility index (Phi) is 10.3. The predicted molar refractivity (Wildman–Crippen MR) is 46.5 cm³/mol. The van der Waals surface area contributed by atoms with E-state index in [-0.39, 0.29) is 17.2 Å². The third kappa shape index (κ3) is 7.92. The van der Waals surface area contributed by atoms with Crippen LogP contribution in [0.3, 0.4) is 0 Å². The largest absolute Gasteiger partial charge is 0.427 e. The Morgan fingerprint density at radius 1 is 1.67 bits per heavy atom. The van der Waals surface area contributed by atoms with Crippen LogP contribution < -0.4 is 0 Å². The molecule has 0 N–H and O–H groups in total. The fourth-order valence-corrected chi connectivity index (χ4v) is 1.22. The van der Waals surface area contributed by atoms with E-state index in [9.17, 15) is 0 Å². The molecule has 0 aliphatic rings. The van der Waals surface area contributed by atoms with Crippen molar-refractivity contribution in [2.24, 2.45) is 0 Å². The van der Waals surface area contributed by atoms with Crippen molar-refractivity contribution in [3.05, 3.63) is 11.6 Å². The summed E-state index contributed by atoms with van der Waals surface area (Å²) in [7, 11) is 1.58. The minimum absolute atomic E-state index is 0. The Morgan fingerprint density at radius 3 is 2.56 bits per heavy atom. The standard InChI is InChI=1S/C6H14OSi.CH4/c1-4-6(2)5-8-7-3;/h4H,5,8H2,1-3H3;1H4. The lowest BCUT2D eigenvalue weighted by atomic mass is 10.3. The predicted octanol–water partition coefficient (Wildman–Crippen LogP) is 1.74. The van der Waals surface area contributed by atoms with Crippen LogP contribution in [0.15, 0.2) is 11.6 Å². The fourth-order valence-electron chi connectivity index (χ4n) is 0.407. The van der Waals surface area contributed by atoms with Crippen LogP contribution in [0, 0.1) is 0 Å². The van der Waals surface area contributed by atoms with Crippen LogP contribution in [0.4, 0.5) is 0 Å². The van der Waals surface area contributed by atoms with E-state index in [2.05, 4.69) is 19.9 Å². The molecule has 0 aromatic heterocycles. The molecule has 1 nitrogen and oxygen atoms in total. The molecule has 0 unspecified atom stereocenters. The van der Waals surface area contributed by atoms with E-state index in [4.69, 9.17) is 4.43 Å². The molecule has 9 heavy (non-hydrogen) atoms. The second-order valence-corrected chi connectivity index (χ2v) is 3.36. The highest BCUT2D eigenvalue weighted by Gasteiger charge is 1.85. The molecular weight excluding hydrogens is 128 g/mol. The molecule has 0 rings (SSSR count). The molecule has 0 aromatic rings. The van der Waals surface area contributed by atoms with Gasteiger partial charge in [0.05, 0.1) is 0 Å². The smallest absolute Gasteiger partial charge is 0.164 e. The lowest BCUT2D eigenvalue weighted by Gasteiger charge is -1.94. The van der Waals surface area contributed by atoms with Crippen molar-refractivity contribution in [1.82, 2.24) is 0 Å². The summed E-state index contributed by atoms with van der Waals surface area (Å²) in [6, 6.07) is 1.20. The second kappa shape index (κ2) is 7.92. The van der Waals surface area contributed by atoms with Crippen LogP contribution in [0.2, 0.25) is 6.04 Å². The van der Waals surface area contributed by atoms with Crippen molar-refractivity contribution in [3.63, 3.8) is 0 Å². The first-order valence-corrected chi connectivity index (χ1v) is 4.49. The molecule has 0 atom stereocenters. The third-order valence-electron chi connectivity index (χ3n) is 1.19. The van der Waals surface area contributed by atoms with Crippen molar-refractivity contribution in [3.8, 4) is 0 Å². The van der Waals surface area contributed by atoms with E-state index in [0.717, 1.165) is 0 Å². The summed E-state index contributed by atoms with van der Waals surface area (Å²) >= 11 is 0. The van der Waals surface area contributed by atoms with Gasteiger partial charge in [-0.1, -0.05) is 19.1 Å². The zero-order valence-electron chi connectivity index (χ0n) is 5.90. The van der Waals surface area contributed by atoms with E-state index in [1.54, 1.807) is 7.11 Å². The van der Waals surface area contributed by atoms with Gasteiger partial charge in [0.15, 0.2) is 9.76 Å². The summed E-state index contributed by atoms with van der Waals surface area (Å²) in [5, 5.41) is 0. The zero-order chi connectivity index (χ0) is 6.41. The van der Waals surface area contributed by atoms with Gasteiger partial charge >= 0.3 is 0 Å². The minimum atomic E-state index is -0.205. The number of allylic oxidation sites excluding steroid dienone is 2. The van der Waals surface area contributed by atoms with Crippen molar-refractivity contribution in [1.29, 1.82) is 0 Å². The van der Waals surface area contributed by atoms with Gasteiger partial charge in [0, 0.05) is 7.11 Å². The first kappa shape index (κ1) is 11.7. The summed E-state index contributed by atoms with van der Waals surface area (Å²) in [4.78, 5) is 0. The summed E-state index contributed by atoms with van der Waals surface area (Å²) < 4.78 is 5.01. The van der Waals surface area contributed by atoms with Gasteiger partial charge in [-0.05, 0) is 19.9 Å². The Morgan fingerprint density at radius 2 is 2.22 bits per heavy atom. The molecule has 0 aromatic carbocycles. The van der Waals surface area contributed by atoms with Crippen molar-refractivity contribution in [2.75, 3.05) is 7.11 Å². The monoisotopic (exact) mass is 146 g/mol. The van der Waals surface area contributed by atoms with Gasteiger partial charge in [0.1, 0.15) is 0 Å². The Hall–Kier alpha value is -0.0831. The highest BCUT2D eigenvalue weighted by Crippen LogP contribution is 1.97. The van der Waals surface area contributed by atoms with Crippen LogP contribution >= 0.6 is 0 Å².